The van der Waals surface area contributed by atoms with Crippen LogP contribution in [-0.2, 0) is 0 Å². The maximum atomic E-state index is 10.4. The molecular formula is C15H23N5O. The summed E-state index contributed by atoms with van der Waals surface area (Å²) >= 11 is 0. The van der Waals surface area contributed by atoms with Gasteiger partial charge in [-0.1, -0.05) is 13.8 Å². The number of nitrogens with zero attached hydrogens (tertiary/aromatic N) is 3. The van der Waals surface area contributed by atoms with E-state index < -0.39 is 5.60 Å². The van der Waals surface area contributed by atoms with Crippen molar-refractivity contribution in [3.8, 4) is 0 Å². The van der Waals surface area contributed by atoms with Crippen LogP contribution >= 0.6 is 0 Å². The molecule has 0 fully saturated rings. The topological polar surface area (TPSA) is 97.0 Å². The van der Waals surface area contributed by atoms with Crippen molar-refractivity contribution >= 4 is 22.7 Å². The Bertz CT molecular complexity index is 612. The fraction of sp³-hybridized carbons (Fsp3) is 0.533. The molecule has 21 heavy (non-hydrogen) atoms. The van der Waals surface area contributed by atoms with Gasteiger partial charge < -0.3 is 16.2 Å². The smallest absolute Gasteiger partial charge is 0.166 e. The number of pyridine rings is 1. The number of nitrogens with two attached hydrogens (primary N) is 1. The maximum Gasteiger partial charge on any atom is 0.166 e. The maximum absolute atomic E-state index is 10.4. The summed E-state index contributed by atoms with van der Waals surface area (Å²) in [5, 5.41) is 14.4. The van der Waals surface area contributed by atoms with Gasteiger partial charge in [-0.15, -0.1) is 0 Å². The molecule has 114 valence electrons. The zero-order valence-electron chi connectivity index (χ0n) is 12.8. The summed E-state index contributed by atoms with van der Waals surface area (Å²) in [6, 6.07) is 3.55. The molecule has 2 rings (SSSR count). The van der Waals surface area contributed by atoms with E-state index in [9.17, 15) is 5.11 Å². The van der Waals surface area contributed by atoms with E-state index in [2.05, 4.69) is 34.1 Å². The zero-order valence-corrected chi connectivity index (χ0v) is 12.8. The second kappa shape index (κ2) is 6.22. The highest BCUT2D eigenvalue weighted by Crippen LogP contribution is 2.21. The highest BCUT2D eigenvalue weighted by molar-refractivity contribution is 5.87. The van der Waals surface area contributed by atoms with Gasteiger partial charge in [-0.3, -0.25) is 0 Å². The van der Waals surface area contributed by atoms with E-state index in [1.54, 1.807) is 6.07 Å². The van der Waals surface area contributed by atoms with E-state index in [1.807, 2.05) is 13.0 Å². The van der Waals surface area contributed by atoms with E-state index in [1.165, 1.54) is 6.33 Å². The monoisotopic (exact) mass is 289 g/mol. The molecule has 0 amide bonds. The van der Waals surface area contributed by atoms with Crippen LogP contribution in [-0.4, -0.2) is 32.2 Å². The molecule has 1 unspecified atom stereocenters. The van der Waals surface area contributed by atoms with Crippen molar-refractivity contribution in [2.24, 2.45) is 5.92 Å². The number of hydrogen-bond donors (Lipinski definition) is 3. The molecule has 0 aromatic carbocycles. The number of aliphatic hydroxyl groups is 1. The number of aromatic nitrogens is 3. The molecule has 0 aliphatic rings. The van der Waals surface area contributed by atoms with Crippen molar-refractivity contribution in [1.82, 2.24) is 15.0 Å². The minimum Gasteiger partial charge on any atom is -0.388 e. The first kappa shape index (κ1) is 15.4. The summed E-state index contributed by atoms with van der Waals surface area (Å²) in [7, 11) is 0. The van der Waals surface area contributed by atoms with Crippen molar-refractivity contribution in [3.05, 3.63) is 18.5 Å². The highest BCUT2D eigenvalue weighted by Gasteiger charge is 2.21. The number of nitrogen functional groups attached to an aromatic ring is 1. The normalized spacial score (nSPS) is 14.3. The van der Waals surface area contributed by atoms with Crippen LogP contribution in [0.5, 0.6) is 0 Å². The van der Waals surface area contributed by atoms with Gasteiger partial charge in [0.1, 0.15) is 18.0 Å². The molecule has 2 aromatic rings. The third-order valence-electron chi connectivity index (χ3n) is 3.42. The first-order valence-electron chi connectivity index (χ1n) is 7.21. The van der Waals surface area contributed by atoms with Crippen molar-refractivity contribution in [2.75, 3.05) is 17.6 Å². The number of rotatable bonds is 6. The second-order valence-electron chi connectivity index (χ2n) is 6.11. The Morgan fingerprint density at radius 3 is 2.81 bits per heavy atom. The lowest BCUT2D eigenvalue weighted by molar-refractivity contribution is 0.0586. The van der Waals surface area contributed by atoms with E-state index in [4.69, 9.17) is 5.73 Å². The molecular weight excluding hydrogens is 266 g/mol. The SMILES string of the molecule is CC(C)CCC(C)(O)CNc1ncnc2nc(N)ccc12. The molecule has 2 aromatic heterocycles. The second-order valence-corrected chi connectivity index (χ2v) is 6.11. The summed E-state index contributed by atoms with van der Waals surface area (Å²) in [6.45, 7) is 6.56. The molecule has 0 saturated heterocycles. The zero-order chi connectivity index (χ0) is 15.5. The van der Waals surface area contributed by atoms with Crippen LogP contribution in [0.3, 0.4) is 0 Å². The van der Waals surface area contributed by atoms with Crippen molar-refractivity contribution in [1.29, 1.82) is 0 Å². The lowest BCUT2D eigenvalue weighted by Gasteiger charge is -2.25. The van der Waals surface area contributed by atoms with Gasteiger partial charge in [-0.05, 0) is 37.8 Å². The Morgan fingerprint density at radius 2 is 2.10 bits per heavy atom. The van der Waals surface area contributed by atoms with E-state index in [0.29, 0.717) is 29.7 Å². The van der Waals surface area contributed by atoms with Crippen LogP contribution in [0, 0.1) is 5.92 Å². The third-order valence-corrected chi connectivity index (χ3v) is 3.42. The van der Waals surface area contributed by atoms with Gasteiger partial charge in [-0.2, -0.15) is 0 Å². The van der Waals surface area contributed by atoms with Gasteiger partial charge in [0.25, 0.3) is 0 Å². The summed E-state index contributed by atoms with van der Waals surface area (Å²) in [5.74, 6) is 1.66. The van der Waals surface area contributed by atoms with Crippen molar-refractivity contribution in [3.63, 3.8) is 0 Å². The minimum absolute atomic E-state index is 0.427. The standard InChI is InChI=1S/C15H23N5O/c1-10(2)6-7-15(3,21)8-17-13-11-4-5-12(16)20-14(11)19-9-18-13/h4-5,9-10,21H,6-8H2,1-3H3,(H3,16,17,18,19,20). The Morgan fingerprint density at radius 1 is 1.33 bits per heavy atom. The van der Waals surface area contributed by atoms with Crippen molar-refractivity contribution in [2.45, 2.75) is 39.2 Å². The van der Waals surface area contributed by atoms with Crippen LogP contribution in [0.4, 0.5) is 11.6 Å². The molecule has 0 aliphatic heterocycles. The van der Waals surface area contributed by atoms with Gasteiger partial charge in [0.2, 0.25) is 0 Å². The van der Waals surface area contributed by atoms with Gasteiger partial charge in [-0.25, -0.2) is 15.0 Å². The Kier molecular flexibility index (Phi) is 4.57. The molecule has 2 heterocycles. The average Bonchev–Trinajstić information content (AvgIpc) is 2.43. The summed E-state index contributed by atoms with van der Waals surface area (Å²) in [4.78, 5) is 12.5. The number of nitrogens with one attached hydrogen (secondary N) is 1. The fourth-order valence-corrected chi connectivity index (χ4v) is 2.06. The van der Waals surface area contributed by atoms with Gasteiger partial charge in [0.15, 0.2) is 5.65 Å². The first-order chi connectivity index (χ1) is 9.87. The Hall–Kier alpha value is -1.95. The van der Waals surface area contributed by atoms with Crippen molar-refractivity contribution < 1.29 is 5.11 Å². The molecule has 0 spiro atoms. The van der Waals surface area contributed by atoms with E-state index in [0.717, 1.165) is 18.2 Å². The molecule has 0 aliphatic carbocycles. The van der Waals surface area contributed by atoms with Crippen LogP contribution in [0.25, 0.3) is 11.0 Å². The molecule has 0 bridgehead atoms. The third kappa shape index (κ3) is 4.26. The molecule has 1 atom stereocenters. The molecule has 0 radical (unpaired) electrons. The number of anilines is 2. The summed E-state index contributed by atoms with van der Waals surface area (Å²) < 4.78 is 0. The van der Waals surface area contributed by atoms with E-state index >= 15 is 0 Å². The van der Waals surface area contributed by atoms with E-state index in [-0.39, 0.29) is 0 Å². The number of hydrogen-bond acceptors (Lipinski definition) is 6. The Balaban J connectivity index is 2.10. The lowest BCUT2D eigenvalue weighted by Crippen LogP contribution is -2.34. The van der Waals surface area contributed by atoms with Crippen LogP contribution < -0.4 is 11.1 Å². The predicted molar refractivity (Wildman–Crippen MR) is 84.9 cm³/mol. The van der Waals surface area contributed by atoms with Gasteiger partial charge in [0, 0.05) is 6.54 Å². The molecule has 0 saturated carbocycles. The fourth-order valence-electron chi connectivity index (χ4n) is 2.06. The number of fused-ring (bicyclic) bond motifs is 1. The van der Waals surface area contributed by atoms with Crippen LogP contribution in [0.15, 0.2) is 18.5 Å². The molecule has 4 N–H and O–H groups in total. The average molecular weight is 289 g/mol. The lowest BCUT2D eigenvalue weighted by atomic mass is 9.95. The molecule has 6 nitrogen and oxygen atoms in total. The minimum atomic E-state index is -0.775. The van der Waals surface area contributed by atoms with Gasteiger partial charge in [0.05, 0.1) is 11.0 Å². The predicted octanol–water partition coefficient (Wildman–Crippen LogP) is 2.21. The van der Waals surface area contributed by atoms with Crippen LogP contribution in [0.2, 0.25) is 0 Å². The summed E-state index contributed by atoms with van der Waals surface area (Å²) in [5.41, 5.74) is 5.43. The summed E-state index contributed by atoms with van der Waals surface area (Å²) in [6.07, 6.45) is 3.17. The van der Waals surface area contributed by atoms with Crippen LogP contribution in [0.1, 0.15) is 33.6 Å². The quantitative estimate of drug-likeness (QED) is 0.754. The van der Waals surface area contributed by atoms with Gasteiger partial charge >= 0.3 is 0 Å². The Labute approximate surface area is 124 Å². The molecule has 6 heteroatoms. The first-order valence-corrected chi connectivity index (χ1v) is 7.21. The largest absolute Gasteiger partial charge is 0.388 e. The highest BCUT2D eigenvalue weighted by atomic mass is 16.3.